The topological polar surface area (TPSA) is 87.3 Å². The molecule has 27 heavy (non-hydrogen) atoms. The first-order valence-corrected chi connectivity index (χ1v) is 11.5. The zero-order valence-corrected chi connectivity index (χ0v) is 17.1. The molecule has 3 rings (SSSR count). The van der Waals surface area contributed by atoms with Crippen molar-refractivity contribution in [3.8, 4) is 0 Å². The summed E-state index contributed by atoms with van der Waals surface area (Å²) in [6.45, 7) is 5.57. The van der Waals surface area contributed by atoms with Crippen LogP contribution in [0, 0.1) is 12.8 Å². The van der Waals surface area contributed by atoms with Gasteiger partial charge < -0.3 is 10.6 Å². The Kier molecular flexibility index (Phi) is 6.31. The van der Waals surface area contributed by atoms with Crippen LogP contribution in [0.3, 0.4) is 0 Å². The molecule has 1 aliphatic heterocycles. The Bertz CT molecular complexity index is 889. The summed E-state index contributed by atoms with van der Waals surface area (Å²) in [6, 6.07) is 6.41. The summed E-state index contributed by atoms with van der Waals surface area (Å²) in [4.78, 5) is 12.4. The molecule has 0 saturated carbocycles. The highest BCUT2D eigenvalue weighted by molar-refractivity contribution is 7.89. The van der Waals surface area contributed by atoms with E-state index in [2.05, 4.69) is 15.4 Å². The van der Waals surface area contributed by atoms with Gasteiger partial charge in [-0.05, 0) is 80.9 Å². The Morgan fingerprint density at radius 1 is 1.26 bits per heavy atom. The van der Waals surface area contributed by atoms with Gasteiger partial charge in [-0.15, -0.1) is 0 Å². The predicted molar refractivity (Wildman–Crippen MR) is 109 cm³/mol. The SMILES string of the molecule is Cc1cc(S(=O)(=O)N[C@H](C)C2CCNCC2)ccc1NC(=O)c1ccsc1. The maximum absolute atomic E-state index is 12.7. The second-order valence-corrected chi connectivity index (χ2v) is 9.43. The Labute approximate surface area is 164 Å². The van der Waals surface area contributed by atoms with Crippen molar-refractivity contribution in [2.75, 3.05) is 18.4 Å². The fraction of sp³-hybridized carbons (Fsp3) is 0.421. The highest BCUT2D eigenvalue weighted by Crippen LogP contribution is 2.23. The molecule has 1 atom stereocenters. The number of thiophene rings is 1. The average molecular weight is 408 g/mol. The molecule has 0 aliphatic carbocycles. The van der Waals surface area contributed by atoms with Gasteiger partial charge in [-0.1, -0.05) is 0 Å². The van der Waals surface area contributed by atoms with Gasteiger partial charge in [-0.3, -0.25) is 4.79 Å². The van der Waals surface area contributed by atoms with E-state index in [1.54, 1.807) is 30.5 Å². The lowest BCUT2D eigenvalue weighted by Gasteiger charge is -2.28. The lowest BCUT2D eigenvalue weighted by atomic mass is 9.92. The first kappa shape index (κ1) is 20.0. The molecular weight excluding hydrogens is 382 g/mol. The Morgan fingerprint density at radius 3 is 2.63 bits per heavy atom. The van der Waals surface area contributed by atoms with E-state index in [0.717, 1.165) is 25.9 Å². The van der Waals surface area contributed by atoms with Crippen LogP contribution in [0.25, 0.3) is 0 Å². The van der Waals surface area contributed by atoms with Gasteiger partial charge in [-0.2, -0.15) is 11.3 Å². The van der Waals surface area contributed by atoms with Crippen molar-refractivity contribution in [1.29, 1.82) is 0 Å². The smallest absolute Gasteiger partial charge is 0.256 e. The van der Waals surface area contributed by atoms with Crippen molar-refractivity contribution >= 4 is 33.0 Å². The van der Waals surface area contributed by atoms with E-state index in [9.17, 15) is 13.2 Å². The van der Waals surface area contributed by atoms with E-state index in [1.807, 2.05) is 12.3 Å². The van der Waals surface area contributed by atoms with Gasteiger partial charge in [0.05, 0.1) is 10.5 Å². The predicted octanol–water partition coefficient (Wildman–Crippen LogP) is 2.98. The van der Waals surface area contributed by atoms with E-state index >= 15 is 0 Å². The van der Waals surface area contributed by atoms with Gasteiger partial charge in [0, 0.05) is 17.1 Å². The number of piperidine rings is 1. The Balaban J connectivity index is 1.70. The molecule has 1 amide bonds. The molecule has 0 radical (unpaired) electrons. The summed E-state index contributed by atoms with van der Waals surface area (Å²) in [5.74, 6) is 0.138. The van der Waals surface area contributed by atoms with Crippen molar-refractivity contribution in [3.05, 3.63) is 46.2 Å². The molecule has 146 valence electrons. The molecule has 1 fully saturated rings. The summed E-state index contributed by atoms with van der Waals surface area (Å²) in [5, 5.41) is 9.73. The number of nitrogens with one attached hydrogen (secondary N) is 3. The molecular formula is C19H25N3O3S2. The minimum atomic E-state index is -3.60. The third-order valence-corrected chi connectivity index (χ3v) is 7.21. The minimum Gasteiger partial charge on any atom is -0.322 e. The normalized spacial score (nSPS) is 16.8. The summed E-state index contributed by atoms with van der Waals surface area (Å²) in [5.41, 5.74) is 1.90. The van der Waals surface area contributed by atoms with Gasteiger partial charge in [-0.25, -0.2) is 13.1 Å². The second-order valence-electron chi connectivity index (χ2n) is 6.94. The van der Waals surface area contributed by atoms with E-state index in [-0.39, 0.29) is 16.8 Å². The standard InChI is InChI=1S/C19H25N3O3S2/c1-13-11-17(3-4-18(13)21-19(23)16-7-10-26-12-16)27(24,25)22-14(2)15-5-8-20-9-6-15/h3-4,7,10-12,14-15,20,22H,5-6,8-9H2,1-2H3,(H,21,23)/t14-/m1/s1. The monoisotopic (exact) mass is 407 g/mol. The number of hydrogen-bond acceptors (Lipinski definition) is 5. The first-order valence-electron chi connectivity index (χ1n) is 9.04. The Morgan fingerprint density at radius 2 is 2.00 bits per heavy atom. The molecule has 8 heteroatoms. The van der Waals surface area contributed by atoms with Crippen molar-refractivity contribution in [2.24, 2.45) is 5.92 Å². The molecule has 1 aliphatic rings. The van der Waals surface area contributed by atoms with Crippen LogP contribution in [0.5, 0.6) is 0 Å². The maximum atomic E-state index is 12.7. The molecule has 0 spiro atoms. The summed E-state index contributed by atoms with van der Waals surface area (Å²) in [6.07, 6.45) is 1.94. The number of carbonyl (C=O) groups excluding carboxylic acids is 1. The van der Waals surface area contributed by atoms with Gasteiger partial charge in [0.25, 0.3) is 5.91 Å². The summed E-state index contributed by atoms with van der Waals surface area (Å²) in [7, 11) is -3.60. The van der Waals surface area contributed by atoms with Crippen LogP contribution >= 0.6 is 11.3 Å². The quantitative estimate of drug-likeness (QED) is 0.687. The van der Waals surface area contributed by atoms with Crippen molar-refractivity contribution < 1.29 is 13.2 Å². The second kappa shape index (κ2) is 8.52. The zero-order valence-electron chi connectivity index (χ0n) is 15.5. The number of sulfonamides is 1. The van der Waals surface area contributed by atoms with Crippen molar-refractivity contribution in [1.82, 2.24) is 10.0 Å². The van der Waals surface area contributed by atoms with Crippen molar-refractivity contribution in [3.63, 3.8) is 0 Å². The first-order chi connectivity index (χ1) is 12.9. The molecule has 2 aromatic rings. The molecule has 1 aromatic carbocycles. The van der Waals surface area contributed by atoms with Crippen LogP contribution in [0.2, 0.25) is 0 Å². The van der Waals surface area contributed by atoms with E-state index in [4.69, 9.17) is 0 Å². The third kappa shape index (κ3) is 4.95. The van der Waals surface area contributed by atoms with Crippen LogP contribution in [-0.2, 0) is 10.0 Å². The van der Waals surface area contributed by atoms with Gasteiger partial charge in [0.1, 0.15) is 0 Å². The van der Waals surface area contributed by atoms with Gasteiger partial charge in [0.2, 0.25) is 10.0 Å². The lowest BCUT2D eigenvalue weighted by Crippen LogP contribution is -2.42. The van der Waals surface area contributed by atoms with Crippen LogP contribution < -0.4 is 15.4 Å². The molecule has 1 aromatic heterocycles. The van der Waals surface area contributed by atoms with Crippen molar-refractivity contribution in [2.45, 2.75) is 37.6 Å². The highest BCUT2D eigenvalue weighted by atomic mass is 32.2. The number of carbonyl (C=O) groups is 1. The number of anilines is 1. The summed E-state index contributed by atoms with van der Waals surface area (Å²) >= 11 is 1.45. The van der Waals surface area contributed by atoms with Crippen LogP contribution in [-0.4, -0.2) is 33.5 Å². The molecule has 1 saturated heterocycles. The lowest BCUT2D eigenvalue weighted by molar-refractivity contribution is 0.102. The number of rotatable bonds is 6. The molecule has 2 heterocycles. The van der Waals surface area contributed by atoms with E-state index in [0.29, 0.717) is 22.7 Å². The number of amides is 1. The third-order valence-electron chi connectivity index (χ3n) is 4.97. The molecule has 6 nitrogen and oxygen atoms in total. The van der Waals surface area contributed by atoms with Gasteiger partial charge >= 0.3 is 0 Å². The highest BCUT2D eigenvalue weighted by Gasteiger charge is 2.25. The summed E-state index contributed by atoms with van der Waals surface area (Å²) < 4.78 is 28.3. The molecule has 3 N–H and O–H groups in total. The van der Waals surface area contributed by atoms with E-state index < -0.39 is 10.0 Å². The van der Waals surface area contributed by atoms with E-state index in [1.165, 1.54) is 17.4 Å². The number of aryl methyl sites for hydroxylation is 1. The van der Waals surface area contributed by atoms with Crippen LogP contribution in [0.4, 0.5) is 5.69 Å². The zero-order chi connectivity index (χ0) is 19.4. The van der Waals surface area contributed by atoms with Crippen LogP contribution in [0.1, 0.15) is 35.7 Å². The number of benzene rings is 1. The average Bonchev–Trinajstić information content (AvgIpc) is 3.18. The minimum absolute atomic E-state index is 0.115. The number of hydrogen-bond donors (Lipinski definition) is 3. The largest absolute Gasteiger partial charge is 0.322 e. The maximum Gasteiger partial charge on any atom is 0.256 e. The fourth-order valence-electron chi connectivity index (χ4n) is 3.28. The van der Waals surface area contributed by atoms with Crippen LogP contribution in [0.15, 0.2) is 39.9 Å². The molecule has 0 unspecified atom stereocenters. The molecule has 0 bridgehead atoms. The Hall–Kier alpha value is -1.74. The van der Waals surface area contributed by atoms with Gasteiger partial charge in [0.15, 0.2) is 0 Å². The fourth-order valence-corrected chi connectivity index (χ4v) is 5.32.